The van der Waals surface area contributed by atoms with Crippen LogP contribution >= 0.6 is 0 Å². The molecular weight excluding hydrogens is 424 g/mol. The van der Waals surface area contributed by atoms with Crippen molar-refractivity contribution in [3.05, 3.63) is 65.7 Å². The van der Waals surface area contributed by atoms with Crippen molar-refractivity contribution in [3.8, 4) is 5.75 Å². The van der Waals surface area contributed by atoms with E-state index < -0.39 is 29.8 Å². The molecule has 0 bridgehead atoms. The number of carbonyl (C=O) groups excluding carboxylic acids is 4. The van der Waals surface area contributed by atoms with Crippen LogP contribution in [-0.2, 0) is 20.8 Å². The summed E-state index contributed by atoms with van der Waals surface area (Å²) in [5.74, 6) is -1.59. The molecule has 1 aliphatic rings. The monoisotopic (exact) mass is 452 g/mol. The Kier molecular flexibility index (Phi) is 8.40. The highest BCUT2D eigenvalue weighted by atomic mass is 16.5. The van der Waals surface area contributed by atoms with E-state index in [2.05, 4.69) is 21.3 Å². The van der Waals surface area contributed by atoms with E-state index in [4.69, 9.17) is 4.74 Å². The fourth-order valence-electron chi connectivity index (χ4n) is 3.36. The molecule has 0 saturated carbocycles. The van der Waals surface area contributed by atoms with Crippen LogP contribution in [0.4, 0.5) is 0 Å². The smallest absolute Gasteiger partial charge is 0.255 e. The molecule has 1 heterocycles. The Bertz CT molecular complexity index is 995. The van der Waals surface area contributed by atoms with Gasteiger partial charge in [-0.05, 0) is 31.0 Å². The molecule has 0 fully saturated rings. The first kappa shape index (κ1) is 23.8. The first-order valence-electron chi connectivity index (χ1n) is 10.9. The second kappa shape index (κ2) is 11.7. The standard InChI is InChI=1S/C24H28N4O5/c1-16-22(30)26-13-14-33-20-10-6-5-9-18(20)23(31)28-19(15-21(29)27-16)24(32)25-12-11-17-7-3-2-4-8-17/h2-10,16,19H,11-15H2,1H3,(H,25,32)(H,26,30)(H,27,29)(H,28,31)/t16-,19-/m0/s1. The van der Waals surface area contributed by atoms with E-state index in [1.165, 1.54) is 0 Å². The SMILES string of the molecule is C[C@@H]1NC(=O)C[C@@H](C(=O)NCCc2ccccc2)NC(=O)c2ccccc2OCCNC1=O. The summed E-state index contributed by atoms with van der Waals surface area (Å²) in [5.41, 5.74) is 1.29. The number of para-hydroxylation sites is 1. The summed E-state index contributed by atoms with van der Waals surface area (Å²) in [6.07, 6.45) is 0.289. The van der Waals surface area contributed by atoms with Gasteiger partial charge in [-0.25, -0.2) is 0 Å². The van der Waals surface area contributed by atoms with Crippen molar-refractivity contribution in [2.24, 2.45) is 0 Å². The number of hydrogen-bond donors (Lipinski definition) is 4. The molecule has 0 radical (unpaired) electrons. The lowest BCUT2D eigenvalue weighted by molar-refractivity contribution is -0.130. The highest BCUT2D eigenvalue weighted by Crippen LogP contribution is 2.18. The predicted molar refractivity (Wildman–Crippen MR) is 122 cm³/mol. The highest BCUT2D eigenvalue weighted by molar-refractivity contribution is 6.01. The van der Waals surface area contributed by atoms with E-state index in [1.54, 1.807) is 31.2 Å². The van der Waals surface area contributed by atoms with E-state index >= 15 is 0 Å². The normalized spacial score (nSPS) is 19.6. The molecule has 2 atom stereocenters. The lowest BCUT2D eigenvalue weighted by Crippen LogP contribution is -2.52. The summed E-state index contributed by atoms with van der Waals surface area (Å²) >= 11 is 0. The molecule has 2 aromatic rings. The van der Waals surface area contributed by atoms with Crippen molar-refractivity contribution in [2.45, 2.75) is 31.8 Å². The van der Waals surface area contributed by atoms with E-state index in [9.17, 15) is 19.2 Å². The zero-order chi connectivity index (χ0) is 23.6. The van der Waals surface area contributed by atoms with E-state index in [0.717, 1.165) is 5.56 Å². The summed E-state index contributed by atoms with van der Waals surface area (Å²) in [6, 6.07) is 14.3. The molecule has 9 nitrogen and oxygen atoms in total. The van der Waals surface area contributed by atoms with Crippen LogP contribution in [0.25, 0.3) is 0 Å². The van der Waals surface area contributed by atoms with Crippen LogP contribution in [0.15, 0.2) is 54.6 Å². The molecule has 3 rings (SSSR count). The molecule has 0 unspecified atom stereocenters. The third-order valence-corrected chi connectivity index (χ3v) is 5.13. The number of hydrogen-bond acceptors (Lipinski definition) is 5. The Balaban J connectivity index is 1.75. The zero-order valence-corrected chi connectivity index (χ0v) is 18.4. The van der Waals surface area contributed by atoms with Gasteiger partial charge in [-0.15, -0.1) is 0 Å². The maximum Gasteiger partial charge on any atom is 0.255 e. The summed E-state index contributed by atoms with van der Waals surface area (Å²) in [5, 5.41) is 10.6. The second-order valence-electron chi connectivity index (χ2n) is 7.68. The number of ether oxygens (including phenoxy) is 1. The van der Waals surface area contributed by atoms with Crippen LogP contribution in [0, 0.1) is 0 Å². The van der Waals surface area contributed by atoms with Crippen molar-refractivity contribution < 1.29 is 23.9 Å². The van der Waals surface area contributed by atoms with Gasteiger partial charge in [-0.3, -0.25) is 19.2 Å². The van der Waals surface area contributed by atoms with Crippen molar-refractivity contribution in [1.82, 2.24) is 21.3 Å². The van der Waals surface area contributed by atoms with Crippen molar-refractivity contribution in [3.63, 3.8) is 0 Å². The second-order valence-corrected chi connectivity index (χ2v) is 7.68. The van der Waals surface area contributed by atoms with Gasteiger partial charge in [0.25, 0.3) is 5.91 Å². The van der Waals surface area contributed by atoms with Crippen LogP contribution in [-0.4, -0.2) is 55.4 Å². The number of fused-ring (bicyclic) bond motifs is 1. The molecule has 0 saturated heterocycles. The number of benzene rings is 2. The lowest BCUT2D eigenvalue weighted by Gasteiger charge is -2.21. The van der Waals surface area contributed by atoms with Crippen LogP contribution < -0.4 is 26.0 Å². The molecule has 4 N–H and O–H groups in total. The topological polar surface area (TPSA) is 126 Å². The lowest BCUT2D eigenvalue weighted by atomic mass is 10.1. The molecule has 1 aliphatic heterocycles. The van der Waals surface area contributed by atoms with Crippen molar-refractivity contribution in [2.75, 3.05) is 19.7 Å². The molecule has 33 heavy (non-hydrogen) atoms. The van der Waals surface area contributed by atoms with Crippen LogP contribution in [0.5, 0.6) is 5.75 Å². The van der Waals surface area contributed by atoms with Crippen molar-refractivity contribution in [1.29, 1.82) is 0 Å². The van der Waals surface area contributed by atoms with Gasteiger partial charge in [0.05, 0.1) is 18.5 Å². The molecule has 0 aliphatic carbocycles. The van der Waals surface area contributed by atoms with Crippen LogP contribution in [0.3, 0.4) is 0 Å². The Labute approximate surface area is 192 Å². The third kappa shape index (κ3) is 7.06. The van der Waals surface area contributed by atoms with Gasteiger partial charge in [0.15, 0.2) is 0 Å². The fourth-order valence-corrected chi connectivity index (χ4v) is 3.36. The number of carbonyl (C=O) groups is 4. The maximum atomic E-state index is 12.9. The Morgan fingerprint density at radius 2 is 1.76 bits per heavy atom. The number of amides is 4. The summed E-state index contributed by atoms with van der Waals surface area (Å²) in [6.45, 7) is 2.24. The van der Waals surface area contributed by atoms with Crippen molar-refractivity contribution >= 4 is 23.6 Å². The van der Waals surface area contributed by atoms with Gasteiger partial charge in [0.1, 0.15) is 24.4 Å². The summed E-state index contributed by atoms with van der Waals surface area (Å²) in [7, 11) is 0. The minimum atomic E-state index is -1.13. The maximum absolute atomic E-state index is 12.9. The molecule has 9 heteroatoms. The van der Waals surface area contributed by atoms with Crippen LogP contribution in [0.2, 0.25) is 0 Å². The average Bonchev–Trinajstić information content (AvgIpc) is 2.81. The summed E-state index contributed by atoms with van der Waals surface area (Å²) < 4.78 is 5.65. The van der Waals surface area contributed by atoms with E-state index in [1.807, 2.05) is 30.3 Å². The van der Waals surface area contributed by atoms with Gasteiger partial charge < -0.3 is 26.0 Å². The van der Waals surface area contributed by atoms with Gasteiger partial charge in [0.2, 0.25) is 17.7 Å². The highest BCUT2D eigenvalue weighted by Gasteiger charge is 2.27. The first-order chi connectivity index (χ1) is 15.9. The quantitative estimate of drug-likeness (QED) is 0.539. The number of rotatable bonds is 4. The molecule has 2 aromatic carbocycles. The average molecular weight is 453 g/mol. The van der Waals surface area contributed by atoms with E-state index in [-0.39, 0.29) is 31.0 Å². The zero-order valence-electron chi connectivity index (χ0n) is 18.4. The molecule has 4 amide bonds. The Hall–Kier alpha value is -3.88. The Morgan fingerprint density at radius 1 is 1.03 bits per heavy atom. The first-order valence-corrected chi connectivity index (χ1v) is 10.9. The molecule has 0 aromatic heterocycles. The van der Waals surface area contributed by atoms with Crippen LogP contribution in [0.1, 0.15) is 29.3 Å². The molecule has 0 spiro atoms. The molecular formula is C24H28N4O5. The largest absolute Gasteiger partial charge is 0.491 e. The van der Waals surface area contributed by atoms with Gasteiger partial charge in [-0.2, -0.15) is 0 Å². The predicted octanol–water partition coefficient (Wildman–Crippen LogP) is 0.547. The summed E-state index contributed by atoms with van der Waals surface area (Å²) in [4.78, 5) is 50.5. The minimum Gasteiger partial charge on any atom is -0.491 e. The molecule has 174 valence electrons. The fraction of sp³-hybridized carbons (Fsp3) is 0.333. The van der Waals surface area contributed by atoms with Gasteiger partial charge in [0, 0.05) is 6.54 Å². The minimum absolute atomic E-state index is 0.139. The van der Waals surface area contributed by atoms with Gasteiger partial charge >= 0.3 is 0 Å². The number of nitrogens with one attached hydrogen (secondary N) is 4. The third-order valence-electron chi connectivity index (χ3n) is 5.13. The van der Waals surface area contributed by atoms with Gasteiger partial charge in [-0.1, -0.05) is 42.5 Å². The van der Waals surface area contributed by atoms with E-state index in [0.29, 0.717) is 18.7 Å². The Morgan fingerprint density at radius 3 is 2.55 bits per heavy atom.